The van der Waals surface area contributed by atoms with E-state index in [-0.39, 0.29) is 6.04 Å². The van der Waals surface area contributed by atoms with E-state index >= 15 is 0 Å². The summed E-state index contributed by atoms with van der Waals surface area (Å²) in [6.45, 7) is 7.03. The van der Waals surface area contributed by atoms with Crippen LogP contribution in [0.25, 0.3) is 0 Å². The maximum absolute atomic E-state index is 4.35. The Balaban J connectivity index is 1.95. The monoisotopic (exact) mass is 302 g/mol. The van der Waals surface area contributed by atoms with Crippen LogP contribution in [-0.2, 0) is 6.54 Å². The van der Waals surface area contributed by atoms with Gasteiger partial charge in [-0.3, -0.25) is 4.99 Å². The van der Waals surface area contributed by atoms with Gasteiger partial charge in [0, 0.05) is 18.1 Å². The number of nitrogens with zero attached hydrogens (tertiary/aromatic N) is 2. The van der Waals surface area contributed by atoms with E-state index in [9.17, 15) is 0 Å². The third kappa shape index (κ3) is 4.29. The molecule has 0 saturated carbocycles. The summed E-state index contributed by atoms with van der Waals surface area (Å²) < 4.78 is 0. The minimum atomic E-state index is 0.204. The van der Waals surface area contributed by atoms with Gasteiger partial charge in [0.25, 0.3) is 0 Å². The van der Waals surface area contributed by atoms with Crippen LogP contribution in [0.2, 0.25) is 0 Å². The number of hydrogen-bond donors (Lipinski definition) is 2. The number of aryl methyl sites for hydroxylation is 2. The molecule has 0 aliphatic heterocycles. The van der Waals surface area contributed by atoms with Gasteiger partial charge in [-0.15, -0.1) is 11.3 Å². The van der Waals surface area contributed by atoms with E-state index in [0.29, 0.717) is 6.54 Å². The molecule has 0 spiro atoms. The molecule has 2 N–H and O–H groups in total. The topological polar surface area (TPSA) is 49.3 Å². The lowest BCUT2D eigenvalue weighted by molar-refractivity contribution is 0.681. The van der Waals surface area contributed by atoms with Crippen LogP contribution in [0.1, 0.15) is 34.0 Å². The smallest absolute Gasteiger partial charge is 0.191 e. The molecule has 21 heavy (non-hydrogen) atoms. The minimum absolute atomic E-state index is 0.204. The third-order valence-electron chi connectivity index (χ3n) is 3.31. The van der Waals surface area contributed by atoms with Gasteiger partial charge in [0.15, 0.2) is 5.96 Å². The van der Waals surface area contributed by atoms with Gasteiger partial charge in [-0.05, 0) is 31.9 Å². The van der Waals surface area contributed by atoms with Crippen molar-refractivity contribution < 1.29 is 0 Å². The van der Waals surface area contributed by atoms with Gasteiger partial charge in [0.1, 0.15) is 5.01 Å². The molecule has 0 bridgehead atoms. The highest BCUT2D eigenvalue weighted by molar-refractivity contribution is 7.11. The zero-order chi connectivity index (χ0) is 15.2. The van der Waals surface area contributed by atoms with Crippen molar-refractivity contribution in [3.05, 3.63) is 51.5 Å². The number of aromatic nitrogens is 1. The number of thiazole rings is 1. The first-order valence-electron chi connectivity index (χ1n) is 7.04. The zero-order valence-electron chi connectivity index (χ0n) is 13.0. The quantitative estimate of drug-likeness (QED) is 0.673. The maximum Gasteiger partial charge on any atom is 0.191 e. The highest BCUT2D eigenvalue weighted by Crippen LogP contribution is 2.16. The van der Waals surface area contributed by atoms with Crippen LogP contribution in [-0.4, -0.2) is 18.0 Å². The molecule has 0 aliphatic rings. The van der Waals surface area contributed by atoms with Crippen LogP contribution in [0.4, 0.5) is 0 Å². The summed E-state index contributed by atoms with van der Waals surface area (Å²) in [6, 6.07) is 8.60. The van der Waals surface area contributed by atoms with E-state index in [1.807, 2.05) is 6.20 Å². The Morgan fingerprint density at radius 3 is 2.71 bits per heavy atom. The van der Waals surface area contributed by atoms with Gasteiger partial charge in [-0.2, -0.15) is 0 Å². The second kappa shape index (κ2) is 7.22. The van der Waals surface area contributed by atoms with E-state index < -0.39 is 0 Å². The molecule has 1 heterocycles. The Bertz CT molecular complexity index is 618. The molecule has 1 aromatic carbocycles. The van der Waals surface area contributed by atoms with E-state index in [1.165, 1.54) is 16.0 Å². The summed E-state index contributed by atoms with van der Waals surface area (Å²) in [6.07, 6.45) is 1.90. The van der Waals surface area contributed by atoms with Gasteiger partial charge < -0.3 is 10.6 Å². The number of rotatable bonds is 4. The number of guanidine groups is 1. The van der Waals surface area contributed by atoms with Gasteiger partial charge >= 0.3 is 0 Å². The van der Waals surface area contributed by atoms with Crippen LogP contribution < -0.4 is 10.6 Å². The molecule has 0 fully saturated rings. The lowest BCUT2D eigenvalue weighted by Crippen LogP contribution is -2.38. The highest BCUT2D eigenvalue weighted by Gasteiger charge is 2.10. The van der Waals surface area contributed by atoms with Crippen LogP contribution in [0.5, 0.6) is 0 Å². The molecule has 2 rings (SSSR count). The minimum Gasteiger partial charge on any atom is -0.350 e. The van der Waals surface area contributed by atoms with Crippen LogP contribution >= 0.6 is 11.3 Å². The zero-order valence-corrected chi connectivity index (χ0v) is 13.8. The van der Waals surface area contributed by atoms with Gasteiger partial charge in [0.2, 0.25) is 0 Å². The third-order valence-corrected chi connectivity index (χ3v) is 4.22. The summed E-state index contributed by atoms with van der Waals surface area (Å²) in [5.41, 5.74) is 2.56. The van der Waals surface area contributed by atoms with Gasteiger partial charge in [-0.1, -0.05) is 24.3 Å². The number of hydrogen-bond acceptors (Lipinski definition) is 3. The Labute approximate surface area is 130 Å². The second-order valence-electron chi connectivity index (χ2n) is 5.01. The summed E-state index contributed by atoms with van der Waals surface area (Å²) in [5.74, 6) is 0.790. The van der Waals surface area contributed by atoms with Crippen molar-refractivity contribution in [2.24, 2.45) is 4.99 Å². The number of benzene rings is 1. The van der Waals surface area contributed by atoms with Crippen molar-refractivity contribution in [3.63, 3.8) is 0 Å². The molecule has 1 aromatic heterocycles. The van der Waals surface area contributed by atoms with E-state index in [1.54, 1.807) is 18.4 Å². The largest absolute Gasteiger partial charge is 0.350 e. The molecule has 1 unspecified atom stereocenters. The fraction of sp³-hybridized carbons (Fsp3) is 0.375. The van der Waals surface area contributed by atoms with Gasteiger partial charge in [-0.25, -0.2) is 4.98 Å². The molecular formula is C16H22N4S. The fourth-order valence-corrected chi connectivity index (χ4v) is 2.92. The first-order chi connectivity index (χ1) is 10.1. The van der Waals surface area contributed by atoms with Crippen LogP contribution in [0.15, 0.2) is 35.5 Å². The van der Waals surface area contributed by atoms with Gasteiger partial charge in [0.05, 0.1) is 12.6 Å². The predicted octanol–water partition coefficient (Wildman–Crippen LogP) is 3.19. The average molecular weight is 302 g/mol. The molecule has 1 atom stereocenters. The van der Waals surface area contributed by atoms with E-state index in [4.69, 9.17) is 0 Å². The molecule has 0 aliphatic carbocycles. The number of nitrogens with one attached hydrogen (secondary N) is 2. The predicted molar refractivity (Wildman–Crippen MR) is 89.8 cm³/mol. The molecule has 0 radical (unpaired) electrons. The summed E-state index contributed by atoms with van der Waals surface area (Å²) in [7, 11) is 1.78. The average Bonchev–Trinajstić information content (AvgIpc) is 2.89. The van der Waals surface area contributed by atoms with Crippen molar-refractivity contribution in [2.45, 2.75) is 33.4 Å². The Morgan fingerprint density at radius 1 is 1.33 bits per heavy atom. The lowest BCUT2D eigenvalue weighted by Gasteiger charge is -2.19. The summed E-state index contributed by atoms with van der Waals surface area (Å²) in [5, 5.41) is 7.79. The first-order valence-corrected chi connectivity index (χ1v) is 7.86. The van der Waals surface area contributed by atoms with Crippen molar-refractivity contribution in [2.75, 3.05) is 7.05 Å². The highest BCUT2D eigenvalue weighted by atomic mass is 32.1. The van der Waals surface area contributed by atoms with Crippen molar-refractivity contribution in [3.8, 4) is 0 Å². The summed E-state index contributed by atoms with van der Waals surface area (Å²) >= 11 is 1.70. The number of aliphatic imine (C=N–C) groups is 1. The molecule has 2 aromatic rings. The molecule has 0 saturated heterocycles. The fourth-order valence-electron chi connectivity index (χ4n) is 2.19. The lowest BCUT2D eigenvalue weighted by atomic mass is 10.0. The van der Waals surface area contributed by atoms with E-state index in [2.05, 4.69) is 65.6 Å². The molecular weight excluding hydrogens is 280 g/mol. The maximum atomic E-state index is 4.35. The van der Waals surface area contributed by atoms with Crippen molar-refractivity contribution in [1.29, 1.82) is 0 Å². The molecule has 4 nitrogen and oxygen atoms in total. The Kier molecular flexibility index (Phi) is 5.33. The molecule has 112 valence electrons. The normalized spacial score (nSPS) is 13.0. The Morgan fingerprint density at radius 2 is 2.10 bits per heavy atom. The van der Waals surface area contributed by atoms with Crippen LogP contribution in [0.3, 0.4) is 0 Å². The van der Waals surface area contributed by atoms with Crippen molar-refractivity contribution in [1.82, 2.24) is 15.6 Å². The summed E-state index contributed by atoms with van der Waals surface area (Å²) in [4.78, 5) is 9.85. The van der Waals surface area contributed by atoms with Crippen LogP contribution in [0, 0.1) is 13.8 Å². The van der Waals surface area contributed by atoms with Crippen molar-refractivity contribution >= 4 is 17.3 Å². The SMILES string of the molecule is CN=C(NCc1ncc(C)s1)NC(C)c1ccccc1C. The Hall–Kier alpha value is -1.88. The second-order valence-corrected chi connectivity index (χ2v) is 6.33. The molecule has 0 amide bonds. The molecule has 5 heteroatoms. The van der Waals surface area contributed by atoms with E-state index in [0.717, 1.165) is 11.0 Å². The first kappa shape index (κ1) is 15.5. The standard InChI is InChI=1S/C16H22N4S/c1-11-7-5-6-8-14(11)13(3)20-16(17-4)19-10-15-18-9-12(2)21-15/h5-9,13H,10H2,1-4H3,(H2,17,19,20).